The number of urea groups is 1. The maximum Gasteiger partial charge on any atom is 0.332 e. The van der Waals surface area contributed by atoms with E-state index in [1.54, 1.807) is 31.2 Å². The summed E-state index contributed by atoms with van der Waals surface area (Å²) in [6.07, 6.45) is 0. The normalized spacial score (nSPS) is 18.6. The Balaban J connectivity index is 2.17. The van der Waals surface area contributed by atoms with Crippen molar-refractivity contribution in [2.45, 2.75) is 32.9 Å². The van der Waals surface area contributed by atoms with Crippen molar-refractivity contribution in [1.29, 1.82) is 0 Å². The van der Waals surface area contributed by atoms with Crippen LogP contribution in [0.15, 0.2) is 30.3 Å². The molecule has 112 valence electrons. The van der Waals surface area contributed by atoms with Gasteiger partial charge in [0.2, 0.25) is 5.91 Å². The minimum absolute atomic E-state index is 0.0343. The van der Waals surface area contributed by atoms with E-state index < -0.39 is 12.1 Å². The Morgan fingerprint density at radius 2 is 1.86 bits per heavy atom. The van der Waals surface area contributed by atoms with Crippen LogP contribution in [0.5, 0.6) is 0 Å². The largest absolute Gasteiger partial charge is 0.352 e. The van der Waals surface area contributed by atoms with E-state index >= 15 is 0 Å². The van der Waals surface area contributed by atoms with Crippen molar-refractivity contribution < 1.29 is 14.4 Å². The molecule has 1 aliphatic heterocycles. The SMILES string of the molecule is CC(C)NC(=O)CN1C(=O)[C@H](C)N(c2ccccc2)C1=O. The highest BCUT2D eigenvalue weighted by Gasteiger charge is 2.43. The van der Waals surface area contributed by atoms with E-state index in [0.717, 1.165) is 4.90 Å². The maximum absolute atomic E-state index is 12.4. The summed E-state index contributed by atoms with van der Waals surface area (Å²) in [5, 5.41) is 2.68. The number of amides is 4. The average molecular weight is 289 g/mol. The lowest BCUT2D eigenvalue weighted by atomic mass is 10.2. The number of nitrogens with one attached hydrogen (secondary N) is 1. The Bertz CT molecular complexity index is 557. The summed E-state index contributed by atoms with van der Waals surface area (Å²) < 4.78 is 0. The van der Waals surface area contributed by atoms with Crippen molar-refractivity contribution in [3.8, 4) is 0 Å². The van der Waals surface area contributed by atoms with Gasteiger partial charge in [-0.1, -0.05) is 18.2 Å². The average Bonchev–Trinajstić information content (AvgIpc) is 2.63. The molecule has 0 spiro atoms. The van der Waals surface area contributed by atoms with Crippen LogP contribution in [0.2, 0.25) is 0 Å². The van der Waals surface area contributed by atoms with Gasteiger partial charge in [0.25, 0.3) is 5.91 Å². The first-order chi connectivity index (χ1) is 9.91. The van der Waals surface area contributed by atoms with Crippen molar-refractivity contribution >= 4 is 23.5 Å². The number of carbonyl (C=O) groups is 3. The molecule has 0 unspecified atom stereocenters. The molecule has 0 aliphatic carbocycles. The van der Waals surface area contributed by atoms with Gasteiger partial charge in [-0.2, -0.15) is 0 Å². The van der Waals surface area contributed by atoms with Crippen LogP contribution in [-0.2, 0) is 9.59 Å². The molecule has 0 saturated carbocycles. The second kappa shape index (κ2) is 5.95. The van der Waals surface area contributed by atoms with E-state index in [1.807, 2.05) is 19.9 Å². The number of nitrogens with zero attached hydrogens (tertiary/aromatic N) is 2. The summed E-state index contributed by atoms with van der Waals surface area (Å²) in [5.74, 6) is -0.698. The van der Waals surface area contributed by atoms with Gasteiger partial charge in [0.15, 0.2) is 0 Å². The molecule has 0 aromatic heterocycles. The van der Waals surface area contributed by atoms with Crippen molar-refractivity contribution in [1.82, 2.24) is 10.2 Å². The third-order valence-electron chi connectivity index (χ3n) is 3.23. The number of imide groups is 1. The van der Waals surface area contributed by atoms with Gasteiger partial charge in [-0.25, -0.2) is 4.79 Å². The van der Waals surface area contributed by atoms with E-state index in [9.17, 15) is 14.4 Å². The highest BCUT2D eigenvalue weighted by atomic mass is 16.2. The maximum atomic E-state index is 12.4. The van der Waals surface area contributed by atoms with Crippen LogP contribution in [0, 0.1) is 0 Å². The van der Waals surface area contributed by atoms with Gasteiger partial charge in [-0.3, -0.25) is 19.4 Å². The Morgan fingerprint density at radius 3 is 2.43 bits per heavy atom. The number of hydrogen-bond acceptors (Lipinski definition) is 3. The predicted octanol–water partition coefficient (Wildman–Crippen LogP) is 1.37. The molecule has 1 aromatic rings. The summed E-state index contributed by atoms with van der Waals surface area (Å²) >= 11 is 0. The molecule has 4 amide bonds. The van der Waals surface area contributed by atoms with Crippen LogP contribution in [0.4, 0.5) is 10.5 Å². The van der Waals surface area contributed by atoms with Crippen molar-refractivity contribution in [2.75, 3.05) is 11.4 Å². The smallest absolute Gasteiger partial charge is 0.332 e. The minimum Gasteiger partial charge on any atom is -0.352 e. The van der Waals surface area contributed by atoms with Gasteiger partial charge in [0, 0.05) is 11.7 Å². The molecule has 1 atom stereocenters. The number of carbonyl (C=O) groups excluding carboxylic acids is 3. The lowest BCUT2D eigenvalue weighted by Crippen LogP contribution is -2.43. The van der Waals surface area contributed by atoms with Crippen molar-refractivity contribution in [3.05, 3.63) is 30.3 Å². The standard InChI is InChI=1S/C15H19N3O3/c1-10(2)16-13(19)9-17-14(20)11(3)18(15(17)21)12-7-5-4-6-8-12/h4-8,10-11H,9H2,1-3H3,(H,16,19)/t11-/m0/s1. The quantitative estimate of drug-likeness (QED) is 0.851. The summed E-state index contributed by atoms with van der Waals surface area (Å²) in [7, 11) is 0. The van der Waals surface area contributed by atoms with Crippen LogP contribution in [0.25, 0.3) is 0 Å². The molecule has 1 heterocycles. The van der Waals surface area contributed by atoms with Crippen LogP contribution in [0.3, 0.4) is 0 Å². The molecule has 1 saturated heterocycles. The number of hydrogen-bond donors (Lipinski definition) is 1. The molecule has 6 nitrogen and oxygen atoms in total. The fraction of sp³-hybridized carbons (Fsp3) is 0.400. The number of para-hydroxylation sites is 1. The van der Waals surface area contributed by atoms with Crippen LogP contribution >= 0.6 is 0 Å². The Morgan fingerprint density at radius 1 is 1.24 bits per heavy atom. The molecular weight excluding hydrogens is 270 g/mol. The highest BCUT2D eigenvalue weighted by Crippen LogP contribution is 2.25. The van der Waals surface area contributed by atoms with Crippen molar-refractivity contribution in [3.63, 3.8) is 0 Å². The molecular formula is C15H19N3O3. The Labute approximate surface area is 123 Å². The molecule has 0 radical (unpaired) electrons. The molecule has 21 heavy (non-hydrogen) atoms. The first kappa shape index (κ1) is 15.0. The van der Waals surface area contributed by atoms with Crippen LogP contribution in [-0.4, -0.2) is 41.4 Å². The predicted molar refractivity (Wildman–Crippen MR) is 78.8 cm³/mol. The van der Waals surface area contributed by atoms with E-state index in [0.29, 0.717) is 5.69 Å². The van der Waals surface area contributed by atoms with Gasteiger partial charge in [-0.15, -0.1) is 0 Å². The zero-order valence-corrected chi connectivity index (χ0v) is 12.4. The molecule has 6 heteroatoms. The second-order valence-electron chi connectivity index (χ2n) is 5.31. The number of anilines is 1. The summed E-state index contributed by atoms with van der Waals surface area (Å²) in [4.78, 5) is 38.8. The molecule has 1 fully saturated rings. The van der Waals surface area contributed by atoms with Crippen molar-refractivity contribution in [2.24, 2.45) is 0 Å². The molecule has 0 bridgehead atoms. The Kier molecular flexibility index (Phi) is 4.26. The molecule has 1 aromatic carbocycles. The minimum atomic E-state index is -0.605. The zero-order valence-electron chi connectivity index (χ0n) is 12.4. The number of benzene rings is 1. The fourth-order valence-electron chi connectivity index (χ4n) is 2.31. The Hall–Kier alpha value is -2.37. The van der Waals surface area contributed by atoms with Gasteiger partial charge >= 0.3 is 6.03 Å². The lowest BCUT2D eigenvalue weighted by molar-refractivity contribution is -0.132. The third kappa shape index (κ3) is 3.04. The summed E-state index contributed by atoms with van der Waals surface area (Å²) in [6, 6.07) is 7.86. The third-order valence-corrected chi connectivity index (χ3v) is 3.23. The van der Waals surface area contributed by atoms with E-state index in [2.05, 4.69) is 5.32 Å². The second-order valence-corrected chi connectivity index (χ2v) is 5.31. The zero-order chi connectivity index (χ0) is 15.6. The first-order valence-corrected chi connectivity index (χ1v) is 6.90. The fourth-order valence-corrected chi connectivity index (χ4v) is 2.31. The van der Waals surface area contributed by atoms with E-state index in [1.165, 1.54) is 4.90 Å². The number of rotatable bonds is 4. The van der Waals surface area contributed by atoms with Gasteiger partial charge in [0.05, 0.1) is 0 Å². The first-order valence-electron chi connectivity index (χ1n) is 6.90. The van der Waals surface area contributed by atoms with Crippen LogP contribution < -0.4 is 10.2 Å². The topological polar surface area (TPSA) is 69.7 Å². The van der Waals surface area contributed by atoms with Crippen LogP contribution in [0.1, 0.15) is 20.8 Å². The lowest BCUT2D eigenvalue weighted by Gasteiger charge is -2.19. The van der Waals surface area contributed by atoms with Gasteiger partial charge < -0.3 is 5.32 Å². The molecule has 2 rings (SSSR count). The van der Waals surface area contributed by atoms with Gasteiger partial charge in [0.1, 0.15) is 12.6 Å². The summed E-state index contributed by atoms with van der Waals surface area (Å²) in [5.41, 5.74) is 0.648. The molecule has 1 aliphatic rings. The van der Waals surface area contributed by atoms with E-state index in [-0.39, 0.29) is 24.4 Å². The van der Waals surface area contributed by atoms with E-state index in [4.69, 9.17) is 0 Å². The highest BCUT2D eigenvalue weighted by molar-refractivity contribution is 6.15. The van der Waals surface area contributed by atoms with Gasteiger partial charge in [-0.05, 0) is 32.9 Å². The summed E-state index contributed by atoms with van der Waals surface area (Å²) in [6.45, 7) is 5.06. The molecule has 1 N–H and O–H groups in total. The monoisotopic (exact) mass is 289 g/mol.